The topological polar surface area (TPSA) is 94.6 Å². The smallest absolute Gasteiger partial charge is 0.437 e. The molecule has 31 heavy (non-hydrogen) atoms. The van der Waals surface area contributed by atoms with Crippen LogP contribution in [0.5, 0.6) is 0 Å². The van der Waals surface area contributed by atoms with Crippen LogP contribution < -0.4 is 5.76 Å². The molecule has 1 aliphatic rings. The first kappa shape index (κ1) is 20.6. The summed E-state index contributed by atoms with van der Waals surface area (Å²) in [5, 5.41) is 4.02. The van der Waals surface area contributed by atoms with E-state index >= 15 is 0 Å². The van der Waals surface area contributed by atoms with Crippen LogP contribution in [0.4, 0.5) is 0 Å². The van der Waals surface area contributed by atoms with Crippen molar-refractivity contribution in [2.75, 3.05) is 13.7 Å². The minimum Gasteiger partial charge on any atom is -0.454 e. The number of likely N-dealkylation sites (N-methyl/N-ethyl adjacent to an activating group) is 1. The maximum absolute atomic E-state index is 12.6. The average molecular weight is 421 g/mol. The van der Waals surface area contributed by atoms with Crippen LogP contribution in [-0.2, 0) is 27.3 Å². The molecule has 0 N–H and O–H groups in total. The Labute approximate surface area is 179 Å². The minimum atomic E-state index is -0.766. The van der Waals surface area contributed by atoms with Crippen molar-refractivity contribution in [3.05, 3.63) is 76.3 Å². The highest BCUT2D eigenvalue weighted by molar-refractivity contribution is 5.80. The molecule has 1 aromatic heterocycles. The fraction of sp³-hybridized carbons (Fsp3) is 0.304. The fourth-order valence-corrected chi connectivity index (χ4v) is 3.82. The number of carbonyl (C=O) groups excluding carboxylic acids is 2. The molecule has 2 aromatic carbocycles. The number of ether oxygens (including phenoxy) is 1. The Morgan fingerprint density at radius 1 is 1.16 bits per heavy atom. The van der Waals surface area contributed by atoms with E-state index in [0.29, 0.717) is 5.56 Å². The second kappa shape index (κ2) is 8.99. The van der Waals surface area contributed by atoms with E-state index in [-0.39, 0.29) is 17.8 Å². The van der Waals surface area contributed by atoms with Crippen LogP contribution in [0, 0.1) is 0 Å². The van der Waals surface area contributed by atoms with Crippen molar-refractivity contribution in [3.63, 3.8) is 0 Å². The van der Waals surface area contributed by atoms with Gasteiger partial charge in [-0.3, -0.25) is 9.59 Å². The lowest BCUT2D eigenvalue weighted by molar-refractivity contribution is -0.153. The Bertz CT molecular complexity index is 1140. The molecule has 0 bridgehead atoms. The highest BCUT2D eigenvalue weighted by atomic mass is 16.5. The second-order valence-corrected chi connectivity index (χ2v) is 7.47. The first-order chi connectivity index (χ1) is 15.0. The van der Waals surface area contributed by atoms with Crippen LogP contribution in [0.3, 0.4) is 0 Å². The van der Waals surface area contributed by atoms with Gasteiger partial charge < -0.3 is 14.1 Å². The van der Waals surface area contributed by atoms with E-state index in [1.165, 1.54) is 5.56 Å². The lowest BCUT2D eigenvalue weighted by Crippen LogP contribution is -2.36. The molecule has 0 unspecified atom stereocenters. The maximum atomic E-state index is 12.6. The van der Waals surface area contributed by atoms with E-state index in [0.717, 1.165) is 29.5 Å². The van der Waals surface area contributed by atoms with Crippen LogP contribution in [0.15, 0.2) is 63.8 Å². The van der Waals surface area contributed by atoms with Gasteiger partial charge in [-0.15, -0.1) is 5.10 Å². The summed E-state index contributed by atoms with van der Waals surface area (Å²) in [6, 6.07) is 16.9. The molecule has 1 amide bonds. The van der Waals surface area contributed by atoms with Crippen molar-refractivity contribution in [2.45, 2.75) is 31.8 Å². The normalized spacial score (nSPS) is 15.2. The molecule has 0 radical (unpaired) electrons. The van der Waals surface area contributed by atoms with Crippen molar-refractivity contribution in [1.82, 2.24) is 14.7 Å². The van der Waals surface area contributed by atoms with Gasteiger partial charge in [-0.2, -0.15) is 4.68 Å². The summed E-state index contributed by atoms with van der Waals surface area (Å²) in [5.41, 5.74) is 3.00. The van der Waals surface area contributed by atoms with Crippen LogP contribution in [0.2, 0.25) is 0 Å². The number of benzene rings is 2. The van der Waals surface area contributed by atoms with E-state index in [4.69, 9.17) is 9.15 Å². The van der Waals surface area contributed by atoms with Gasteiger partial charge in [-0.1, -0.05) is 42.5 Å². The van der Waals surface area contributed by atoms with Gasteiger partial charge in [0.25, 0.3) is 5.91 Å². The molecule has 1 aliphatic carbocycles. The van der Waals surface area contributed by atoms with Crippen LogP contribution in [0.25, 0.3) is 11.5 Å². The predicted octanol–water partition coefficient (Wildman–Crippen LogP) is 2.58. The standard InChI is InChI=1S/C23H23N3O5/c1-25(19-13-7-11-16-8-5-6-12-18(16)19)20(27)15-30-21(28)14-26-23(29)31-22(24-26)17-9-3-2-4-10-17/h2-6,8-10,12,19H,7,11,13-15H2,1H3/t19-/m0/s1. The first-order valence-electron chi connectivity index (χ1n) is 10.2. The summed E-state index contributed by atoms with van der Waals surface area (Å²) in [6.45, 7) is -0.829. The average Bonchev–Trinajstić information content (AvgIpc) is 3.17. The van der Waals surface area contributed by atoms with Crippen molar-refractivity contribution in [2.24, 2.45) is 0 Å². The van der Waals surface area contributed by atoms with Crippen LogP contribution in [0.1, 0.15) is 30.0 Å². The fourth-order valence-electron chi connectivity index (χ4n) is 3.82. The highest BCUT2D eigenvalue weighted by Crippen LogP contribution is 2.33. The van der Waals surface area contributed by atoms with Crippen molar-refractivity contribution >= 4 is 11.9 Å². The molecule has 0 spiro atoms. The summed E-state index contributed by atoms with van der Waals surface area (Å²) in [4.78, 5) is 38.4. The van der Waals surface area contributed by atoms with E-state index < -0.39 is 24.9 Å². The van der Waals surface area contributed by atoms with Gasteiger partial charge in [0.05, 0.1) is 6.04 Å². The number of aromatic nitrogens is 2. The Hall–Kier alpha value is -3.68. The lowest BCUT2D eigenvalue weighted by Gasteiger charge is -2.33. The number of esters is 1. The van der Waals surface area contributed by atoms with Gasteiger partial charge in [0, 0.05) is 12.6 Å². The van der Waals surface area contributed by atoms with Crippen molar-refractivity contribution < 1.29 is 18.7 Å². The molecule has 3 aromatic rings. The molecule has 1 heterocycles. The monoisotopic (exact) mass is 421 g/mol. The Morgan fingerprint density at radius 3 is 2.71 bits per heavy atom. The quantitative estimate of drug-likeness (QED) is 0.568. The SMILES string of the molecule is CN(C(=O)COC(=O)Cn1nc(-c2ccccc2)oc1=O)[C@H]1CCCc2ccccc21. The summed E-state index contributed by atoms with van der Waals surface area (Å²) in [6.07, 6.45) is 2.86. The van der Waals surface area contributed by atoms with Gasteiger partial charge in [-0.05, 0) is 42.5 Å². The van der Waals surface area contributed by atoms with Crippen LogP contribution >= 0.6 is 0 Å². The third-order valence-electron chi connectivity index (χ3n) is 5.46. The van der Waals surface area contributed by atoms with Gasteiger partial charge in [0.15, 0.2) is 6.61 Å². The largest absolute Gasteiger partial charge is 0.454 e. The van der Waals surface area contributed by atoms with Crippen LogP contribution in [-0.4, -0.2) is 40.2 Å². The van der Waals surface area contributed by atoms with Gasteiger partial charge >= 0.3 is 11.7 Å². The van der Waals surface area contributed by atoms with E-state index in [9.17, 15) is 14.4 Å². The molecular weight excluding hydrogens is 398 g/mol. The van der Waals surface area contributed by atoms with Gasteiger partial charge in [0.1, 0.15) is 6.54 Å². The third-order valence-corrected chi connectivity index (χ3v) is 5.46. The zero-order chi connectivity index (χ0) is 21.8. The first-order valence-corrected chi connectivity index (χ1v) is 10.2. The maximum Gasteiger partial charge on any atom is 0.437 e. The van der Waals surface area contributed by atoms with E-state index in [2.05, 4.69) is 11.2 Å². The second-order valence-electron chi connectivity index (χ2n) is 7.47. The molecule has 0 fully saturated rings. The molecule has 0 saturated carbocycles. The van der Waals surface area contributed by atoms with Crippen molar-refractivity contribution in [3.8, 4) is 11.5 Å². The van der Waals surface area contributed by atoms with E-state index in [1.807, 2.05) is 24.3 Å². The molecule has 8 nitrogen and oxygen atoms in total. The number of fused-ring (bicyclic) bond motifs is 1. The highest BCUT2D eigenvalue weighted by Gasteiger charge is 2.27. The molecule has 0 aliphatic heterocycles. The molecule has 0 saturated heterocycles. The zero-order valence-electron chi connectivity index (χ0n) is 17.2. The van der Waals surface area contributed by atoms with E-state index in [1.54, 1.807) is 36.2 Å². The number of hydrogen-bond acceptors (Lipinski definition) is 6. The molecule has 8 heteroatoms. The number of rotatable bonds is 6. The number of aryl methyl sites for hydroxylation is 1. The minimum absolute atomic E-state index is 0.0391. The van der Waals surface area contributed by atoms with Crippen molar-refractivity contribution in [1.29, 1.82) is 0 Å². The predicted molar refractivity (Wildman–Crippen MR) is 112 cm³/mol. The Balaban J connectivity index is 1.35. The third kappa shape index (κ3) is 4.58. The molecule has 4 rings (SSSR count). The van der Waals surface area contributed by atoms with Gasteiger partial charge in [0.2, 0.25) is 5.89 Å². The molecule has 160 valence electrons. The lowest BCUT2D eigenvalue weighted by atomic mass is 9.87. The molecular formula is C23H23N3O5. The number of nitrogens with zero attached hydrogens (tertiary/aromatic N) is 3. The number of hydrogen-bond donors (Lipinski definition) is 0. The number of carbonyl (C=O) groups is 2. The Morgan fingerprint density at radius 2 is 1.90 bits per heavy atom. The Kier molecular flexibility index (Phi) is 5.97. The summed E-state index contributed by atoms with van der Waals surface area (Å²) in [7, 11) is 1.72. The summed E-state index contributed by atoms with van der Waals surface area (Å²) < 4.78 is 11.1. The van der Waals surface area contributed by atoms with Gasteiger partial charge in [-0.25, -0.2) is 4.79 Å². The zero-order valence-corrected chi connectivity index (χ0v) is 17.2. The summed E-state index contributed by atoms with van der Waals surface area (Å²) in [5.74, 6) is -1.68. The summed E-state index contributed by atoms with van der Waals surface area (Å²) >= 11 is 0. The molecule has 1 atom stereocenters. The number of amides is 1.